The highest BCUT2D eigenvalue weighted by molar-refractivity contribution is 7.80. The monoisotopic (exact) mass is 524 g/mol. The molecule has 2 aromatic carbocycles. The molecule has 8 nitrogen and oxygen atoms in total. The molecule has 0 spiro atoms. The van der Waals surface area contributed by atoms with Crippen LogP contribution in [0.3, 0.4) is 0 Å². The third kappa shape index (κ3) is 6.93. The fourth-order valence-electron chi connectivity index (χ4n) is 4.42. The molecule has 0 fully saturated rings. The fraction of sp³-hybridized carbons (Fsp3) is 0.429. The summed E-state index contributed by atoms with van der Waals surface area (Å²) in [7, 11) is 0. The molecule has 2 N–H and O–H groups in total. The third-order valence-corrected chi connectivity index (χ3v) is 6.89. The van der Waals surface area contributed by atoms with Gasteiger partial charge in [-0.3, -0.25) is 4.79 Å². The number of thiocarbonyl (C=S) groups is 1. The molecule has 0 amide bonds. The summed E-state index contributed by atoms with van der Waals surface area (Å²) in [6.45, 7) is 11.8. The molecule has 3 aromatic rings. The summed E-state index contributed by atoms with van der Waals surface area (Å²) in [4.78, 5) is 20.4. The number of hydrogen-bond donors (Lipinski definition) is 2. The van der Waals surface area contributed by atoms with Gasteiger partial charge in [0.25, 0.3) is 5.56 Å². The van der Waals surface area contributed by atoms with Crippen LogP contribution >= 0.6 is 12.2 Å². The summed E-state index contributed by atoms with van der Waals surface area (Å²) in [6.07, 6.45) is 0.983. The van der Waals surface area contributed by atoms with E-state index < -0.39 is 0 Å². The van der Waals surface area contributed by atoms with E-state index in [-0.39, 0.29) is 12.4 Å². The third-order valence-electron chi connectivity index (χ3n) is 6.48. The van der Waals surface area contributed by atoms with Crippen LogP contribution in [0.25, 0.3) is 10.9 Å². The van der Waals surface area contributed by atoms with Crippen LogP contribution in [0.2, 0.25) is 0 Å². The summed E-state index contributed by atoms with van der Waals surface area (Å²) < 4.78 is 16.7. The summed E-state index contributed by atoms with van der Waals surface area (Å²) in [6, 6.07) is 13.5. The molecule has 0 saturated carbocycles. The van der Waals surface area contributed by atoms with Crippen molar-refractivity contribution in [2.75, 3.05) is 39.6 Å². The Balaban J connectivity index is 1.54. The number of H-pyrrole nitrogens is 1. The van der Waals surface area contributed by atoms with Gasteiger partial charge in [0.15, 0.2) is 16.6 Å². The molecule has 0 saturated heterocycles. The first-order valence-corrected chi connectivity index (χ1v) is 13.3. The number of aromatic amines is 1. The molecule has 37 heavy (non-hydrogen) atoms. The quantitative estimate of drug-likeness (QED) is 0.269. The van der Waals surface area contributed by atoms with Crippen molar-refractivity contribution in [3.63, 3.8) is 0 Å². The zero-order valence-electron chi connectivity index (χ0n) is 21.8. The van der Waals surface area contributed by atoms with Crippen molar-refractivity contribution in [1.82, 2.24) is 20.1 Å². The average Bonchev–Trinajstić information content (AvgIpc) is 3.37. The second-order valence-electron chi connectivity index (χ2n) is 8.96. The number of nitrogens with one attached hydrogen (secondary N) is 2. The van der Waals surface area contributed by atoms with E-state index in [1.165, 1.54) is 0 Å². The van der Waals surface area contributed by atoms with Crippen molar-refractivity contribution in [2.45, 2.75) is 40.3 Å². The smallest absolute Gasteiger partial charge is 0.253 e. The summed E-state index contributed by atoms with van der Waals surface area (Å²) in [5.74, 6) is 2.24. The van der Waals surface area contributed by atoms with Crippen molar-refractivity contribution in [2.24, 2.45) is 0 Å². The van der Waals surface area contributed by atoms with Crippen molar-refractivity contribution in [3.8, 4) is 17.2 Å². The lowest BCUT2D eigenvalue weighted by Crippen LogP contribution is -2.41. The van der Waals surface area contributed by atoms with Crippen molar-refractivity contribution in [1.29, 1.82) is 0 Å². The zero-order valence-corrected chi connectivity index (χ0v) is 22.7. The zero-order chi connectivity index (χ0) is 26.2. The molecule has 0 radical (unpaired) electrons. The largest absolute Gasteiger partial charge is 0.494 e. The van der Waals surface area contributed by atoms with E-state index in [0.29, 0.717) is 30.4 Å². The number of fused-ring (bicyclic) bond motifs is 2. The lowest BCUT2D eigenvalue weighted by Gasteiger charge is -2.26. The van der Waals surface area contributed by atoms with E-state index in [9.17, 15) is 4.79 Å². The maximum Gasteiger partial charge on any atom is 0.253 e. The van der Waals surface area contributed by atoms with Gasteiger partial charge in [0, 0.05) is 29.6 Å². The molecule has 2 heterocycles. The van der Waals surface area contributed by atoms with Crippen LogP contribution in [-0.4, -0.2) is 59.5 Å². The van der Waals surface area contributed by atoms with Gasteiger partial charge in [-0.05, 0) is 87.2 Å². The Labute approximate surface area is 223 Å². The second-order valence-corrected chi connectivity index (χ2v) is 9.35. The normalized spacial score (nSPS) is 12.2. The number of benzene rings is 2. The number of aromatic nitrogens is 1. The minimum absolute atomic E-state index is 0.128. The first-order valence-electron chi connectivity index (χ1n) is 12.9. The highest BCUT2D eigenvalue weighted by Crippen LogP contribution is 2.33. The van der Waals surface area contributed by atoms with E-state index in [2.05, 4.69) is 29.0 Å². The SMILES string of the molecule is CCOc1ccc2[nH]c(=O)c(CN(Cc3ccc4c(c3)OCO4)C(=S)NCCCN(CC)CC)cc2c1. The predicted octanol–water partition coefficient (Wildman–Crippen LogP) is 4.26. The van der Waals surface area contributed by atoms with Crippen molar-refractivity contribution >= 4 is 28.2 Å². The number of nitrogens with zero attached hydrogens (tertiary/aromatic N) is 2. The molecule has 0 atom stereocenters. The minimum atomic E-state index is -0.128. The van der Waals surface area contributed by atoms with Crippen LogP contribution in [0.15, 0.2) is 47.3 Å². The molecule has 1 aliphatic heterocycles. The molecule has 1 aromatic heterocycles. The molecule has 0 aliphatic carbocycles. The van der Waals surface area contributed by atoms with Crippen LogP contribution in [0.1, 0.15) is 38.3 Å². The second kappa shape index (κ2) is 12.8. The first kappa shape index (κ1) is 26.8. The predicted molar refractivity (Wildman–Crippen MR) is 151 cm³/mol. The maximum absolute atomic E-state index is 13.0. The molecule has 1 aliphatic rings. The van der Waals surface area contributed by atoms with Gasteiger partial charge >= 0.3 is 0 Å². The average molecular weight is 525 g/mol. The first-order chi connectivity index (χ1) is 18.0. The Kier molecular flexibility index (Phi) is 9.24. The van der Waals surface area contributed by atoms with E-state index in [0.717, 1.165) is 66.3 Å². The lowest BCUT2D eigenvalue weighted by molar-refractivity contribution is 0.174. The summed E-state index contributed by atoms with van der Waals surface area (Å²) in [5, 5.41) is 4.93. The van der Waals surface area contributed by atoms with Crippen LogP contribution in [0.5, 0.6) is 17.2 Å². The van der Waals surface area contributed by atoms with Gasteiger partial charge in [0.1, 0.15) is 5.75 Å². The molecular formula is C28H36N4O4S. The van der Waals surface area contributed by atoms with Crippen LogP contribution in [0, 0.1) is 0 Å². The number of pyridine rings is 1. The van der Waals surface area contributed by atoms with Gasteiger partial charge in [-0.2, -0.15) is 0 Å². The summed E-state index contributed by atoms with van der Waals surface area (Å²) in [5.41, 5.74) is 2.30. The van der Waals surface area contributed by atoms with Crippen molar-refractivity contribution in [3.05, 3.63) is 63.9 Å². The maximum atomic E-state index is 13.0. The fourth-order valence-corrected chi connectivity index (χ4v) is 4.65. The standard InChI is InChI=1S/C28H36N4O4S/c1-4-31(5-2)13-7-12-29-28(37)32(17-20-8-11-25-26(14-20)36-19-35-25)18-22-15-21-16-23(34-6-3)9-10-24(21)30-27(22)33/h8-11,14-16H,4-7,12-13,17-19H2,1-3H3,(H,29,37)(H,30,33). The number of hydrogen-bond acceptors (Lipinski definition) is 6. The van der Waals surface area contributed by atoms with Gasteiger partial charge in [0.2, 0.25) is 6.79 Å². The molecule has 0 unspecified atom stereocenters. The summed E-state index contributed by atoms with van der Waals surface area (Å²) >= 11 is 5.82. The van der Waals surface area contributed by atoms with Gasteiger partial charge in [-0.1, -0.05) is 19.9 Å². The van der Waals surface area contributed by atoms with Gasteiger partial charge in [-0.25, -0.2) is 0 Å². The van der Waals surface area contributed by atoms with E-state index >= 15 is 0 Å². The highest BCUT2D eigenvalue weighted by Gasteiger charge is 2.18. The minimum Gasteiger partial charge on any atom is -0.494 e. The molecule has 4 rings (SSSR count). The van der Waals surface area contributed by atoms with Crippen molar-refractivity contribution < 1.29 is 14.2 Å². The Morgan fingerprint density at radius 1 is 1.05 bits per heavy atom. The van der Waals surface area contributed by atoms with Gasteiger partial charge in [0.05, 0.1) is 13.2 Å². The van der Waals surface area contributed by atoms with Crippen LogP contribution in [0.4, 0.5) is 0 Å². The Hall–Kier alpha value is -3.30. The van der Waals surface area contributed by atoms with Crippen LogP contribution in [-0.2, 0) is 13.1 Å². The van der Waals surface area contributed by atoms with E-state index in [1.807, 2.05) is 54.3 Å². The van der Waals surface area contributed by atoms with Gasteiger partial charge in [-0.15, -0.1) is 0 Å². The Morgan fingerprint density at radius 2 is 1.86 bits per heavy atom. The number of rotatable bonds is 12. The Morgan fingerprint density at radius 3 is 2.65 bits per heavy atom. The lowest BCUT2D eigenvalue weighted by atomic mass is 10.1. The topological polar surface area (TPSA) is 79.1 Å². The molecule has 0 bridgehead atoms. The van der Waals surface area contributed by atoms with Gasteiger partial charge < -0.3 is 34.3 Å². The molecule has 9 heteroatoms. The highest BCUT2D eigenvalue weighted by atomic mass is 32.1. The number of ether oxygens (including phenoxy) is 3. The molecule has 198 valence electrons. The molecular weight excluding hydrogens is 488 g/mol. The van der Waals surface area contributed by atoms with Crippen LogP contribution < -0.4 is 25.1 Å². The van der Waals surface area contributed by atoms with E-state index in [4.69, 9.17) is 26.4 Å². The Bertz CT molecular complexity index is 1270. The van der Waals surface area contributed by atoms with E-state index in [1.54, 1.807) is 0 Å².